The molecule has 0 atom stereocenters. The molecule has 1 N–H and O–H groups in total. The topological polar surface area (TPSA) is 46.5 Å². The Labute approximate surface area is 185 Å². The third-order valence-corrected chi connectivity index (χ3v) is 6.75. The highest BCUT2D eigenvalue weighted by Gasteiger charge is 2.30. The summed E-state index contributed by atoms with van der Waals surface area (Å²) >= 11 is 0. The summed E-state index contributed by atoms with van der Waals surface area (Å²) in [6, 6.07) is 4.01. The zero-order chi connectivity index (χ0) is 23.2. The van der Waals surface area contributed by atoms with Crippen molar-refractivity contribution < 1.29 is 14.6 Å². The van der Waals surface area contributed by atoms with Gasteiger partial charge in [-0.15, -0.1) is 0 Å². The van der Waals surface area contributed by atoms with Crippen LogP contribution in [-0.4, -0.2) is 17.7 Å². The maximum Gasteiger partial charge on any atom is 0.310 e. The number of rotatable bonds is 11. The zero-order valence-corrected chi connectivity index (χ0v) is 21.1. The molecule has 0 saturated carbocycles. The van der Waals surface area contributed by atoms with E-state index in [1.807, 2.05) is 12.1 Å². The molecule has 0 bridgehead atoms. The average molecular weight is 419 g/mol. The largest absolute Gasteiger partial charge is 0.507 e. The third-order valence-electron chi connectivity index (χ3n) is 6.75. The molecular weight excluding hydrogens is 372 g/mol. The van der Waals surface area contributed by atoms with Gasteiger partial charge in [0.1, 0.15) is 5.75 Å². The molecule has 172 valence electrons. The van der Waals surface area contributed by atoms with Crippen LogP contribution in [0.5, 0.6) is 5.75 Å². The van der Waals surface area contributed by atoms with Crippen molar-refractivity contribution in [2.24, 2.45) is 5.41 Å². The summed E-state index contributed by atoms with van der Waals surface area (Å²) in [5.41, 5.74) is 2.45. The van der Waals surface area contributed by atoms with Crippen LogP contribution in [0, 0.1) is 5.41 Å². The Bertz CT molecular complexity index is 691. The molecule has 1 aromatic rings. The lowest BCUT2D eigenvalue weighted by Crippen LogP contribution is -2.25. The molecule has 0 spiro atoms. The first kappa shape index (κ1) is 26.5. The second-order valence-electron chi connectivity index (χ2n) is 11.0. The smallest absolute Gasteiger partial charge is 0.310 e. The van der Waals surface area contributed by atoms with Crippen LogP contribution in [0.1, 0.15) is 118 Å². The highest BCUT2D eigenvalue weighted by molar-refractivity contribution is 5.73. The van der Waals surface area contributed by atoms with E-state index in [1.54, 1.807) is 0 Å². The molecule has 0 aliphatic carbocycles. The van der Waals surface area contributed by atoms with Gasteiger partial charge in [0.15, 0.2) is 0 Å². The molecule has 1 rings (SSSR count). The van der Waals surface area contributed by atoms with E-state index in [1.165, 1.54) is 12.8 Å². The maximum absolute atomic E-state index is 12.6. The van der Waals surface area contributed by atoms with Crippen molar-refractivity contribution in [1.29, 1.82) is 0 Å². The van der Waals surface area contributed by atoms with Gasteiger partial charge in [-0.05, 0) is 41.2 Å². The second-order valence-corrected chi connectivity index (χ2v) is 11.0. The van der Waals surface area contributed by atoms with Crippen molar-refractivity contribution in [3.05, 3.63) is 28.8 Å². The van der Waals surface area contributed by atoms with Crippen molar-refractivity contribution in [2.45, 2.75) is 118 Å². The fraction of sp³-hybridized carbons (Fsp3) is 0.741. The van der Waals surface area contributed by atoms with Crippen molar-refractivity contribution in [3.8, 4) is 5.75 Å². The monoisotopic (exact) mass is 418 g/mol. The molecule has 0 saturated heterocycles. The Kier molecular flexibility index (Phi) is 9.45. The van der Waals surface area contributed by atoms with Crippen molar-refractivity contribution in [3.63, 3.8) is 0 Å². The quantitative estimate of drug-likeness (QED) is 0.300. The van der Waals surface area contributed by atoms with E-state index in [2.05, 4.69) is 62.3 Å². The Morgan fingerprint density at radius 1 is 0.933 bits per heavy atom. The van der Waals surface area contributed by atoms with E-state index in [9.17, 15) is 9.90 Å². The molecule has 0 heterocycles. The minimum Gasteiger partial charge on any atom is -0.507 e. The summed E-state index contributed by atoms with van der Waals surface area (Å²) in [5.74, 6) is 0.189. The number of carbonyl (C=O) groups is 1. The lowest BCUT2D eigenvalue weighted by molar-refractivity contribution is -0.146. The Hall–Kier alpha value is -1.51. The lowest BCUT2D eigenvalue weighted by Gasteiger charge is -2.31. The van der Waals surface area contributed by atoms with E-state index in [0.717, 1.165) is 42.4 Å². The predicted molar refractivity (Wildman–Crippen MR) is 127 cm³/mol. The summed E-state index contributed by atoms with van der Waals surface area (Å²) in [7, 11) is 0. The van der Waals surface area contributed by atoms with Crippen molar-refractivity contribution >= 4 is 5.97 Å². The molecule has 0 unspecified atom stereocenters. The molecule has 3 nitrogen and oxygen atoms in total. The Morgan fingerprint density at radius 3 is 2.00 bits per heavy atom. The number of carbonyl (C=O) groups excluding carboxylic acids is 1. The Morgan fingerprint density at radius 2 is 1.50 bits per heavy atom. The lowest BCUT2D eigenvalue weighted by atomic mass is 9.75. The number of unbranched alkanes of at least 4 members (excludes halogenated alkanes) is 2. The molecule has 0 aromatic heterocycles. The van der Waals surface area contributed by atoms with Gasteiger partial charge in [0.05, 0.1) is 13.0 Å². The summed E-state index contributed by atoms with van der Waals surface area (Å²) in [4.78, 5) is 12.6. The first-order valence-electron chi connectivity index (χ1n) is 11.8. The maximum atomic E-state index is 12.6. The minimum absolute atomic E-state index is 0.0353. The van der Waals surface area contributed by atoms with Crippen molar-refractivity contribution in [1.82, 2.24) is 0 Å². The van der Waals surface area contributed by atoms with Gasteiger partial charge >= 0.3 is 5.97 Å². The van der Waals surface area contributed by atoms with Crippen LogP contribution in [0.4, 0.5) is 0 Å². The fourth-order valence-electron chi connectivity index (χ4n) is 3.76. The van der Waals surface area contributed by atoms with Gasteiger partial charge in [0.2, 0.25) is 0 Å². The predicted octanol–water partition coefficient (Wildman–Crippen LogP) is 7.46. The highest BCUT2D eigenvalue weighted by atomic mass is 16.5. The molecule has 0 fully saturated rings. The van der Waals surface area contributed by atoms with E-state index in [-0.39, 0.29) is 28.6 Å². The number of aromatic hydroxyl groups is 1. The third kappa shape index (κ3) is 7.32. The molecule has 0 radical (unpaired) electrons. The molecular formula is C27H46O3. The number of ether oxygens (including phenoxy) is 1. The SMILES string of the molecule is CCCCCC(C)(C)c1cc(CC(=O)OCC(C)(CC)CC)cc(C(C)(C)C)c1O. The standard InChI is InChI=1S/C27H46O3/c1-10-13-14-15-26(7,8)22-17-20(16-21(24(22)29)25(4,5)6)18-23(28)30-19-27(9,11-2)12-3/h16-17,29H,10-15,18-19H2,1-9H3. The van der Waals surface area contributed by atoms with Crippen LogP contribution in [0.15, 0.2) is 12.1 Å². The Balaban J connectivity index is 3.19. The number of esters is 1. The number of phenols is 1. The summed E-state index contributed by atoms with van der Waals surface area (Å²) < 4.78 is 5.65. The average Bonchev–Trinajstić information content (AvgIpc) is 2.66. The summed E-state index contributed by atoms with van der Waals surface area (Å²) in [6.07, 6.45) is 6.72. The highest BCUT2D eigenvalue weighted by Crippen LogP contribution is 2.42. The number of phenolic OH excluding ortho intramolecular Hbond substituents is 1. The van der Waals surface area contributed by atoms with E-state index < -0.39 is 0 Å². The first-order valence-corrected chi connectivity index (χ1v) is 11.8. The molecule has 0 aliphatic rings. The number of benzene rings is 1. The molecule has 3 heteroatoms. The zero-order valence-electron chi connectivity index (χ0n) is 21.1. The number of hydrogen-bond donors (Lipinski definition) is 1. The van der Waals surface area contributed by atoms with Crippen LogP contribution in [0.25, 0.3) is 0 Å². The van der Waals surface area contributed by atoms with Gasteiger partial charge < -0.3 is 9.84 Å². The van der Waals surface area contributed by atoms with Crippen molar-refractivity contribution in [2.75, 3.05) is 6.61 Å². The van der Waals surface area contributed by atoms with Gasteiger partial charge in [-0.25, -0.2) is 0 Å². The van der Waals surface area contributed by atoms with E-state index in [0.29, 0.717) is 12.4 Å². The van der Waals surface area contributed by atoms with E-state index >= 15 is 0 Å². The second kappa shape index (κ2) is 10.7. The molecule has 30 heavy (non-hydrogen) atoms. The van der Waals surface area contributed by atoms with Gasteiger partial charge in [-0.2, -0.15) is 0 Å². The van der Waals surface area contributed by atoms with Gasteiger partial charge in [-0.1, -0.05) is 93.7 Å². The van der Waals surface area contributed by atoms with Crippen LogP contribution < -0.4 is 0 Å². The fourth-order valence-corrected chi connectivity index (χ4v) is 3.76. The molecule has 0 aliphatic heterocycles. The number of hydrogen-bond acceptors (Lipinski definition) is 3. The van der Waals surface area contributed by atoms with Crippen LogP contribution in [0.3, 0.4) is 0 Å². The van der Waals surface area contributed by atoms with E-state index in [4.69, 9.17) is 4.74 Å². The molecule has 0 amide bonds. The van der Waals surface area contributed by atoms with Gasteiger partial charge in [0.25, 0.3) is 0 Å². The minimum atomic E-state index is -0.207. The normalized spacial score (nSPS) is 12.8. The summed E-state index contributed by atoms with van der Waals surface area (Å²) in [6.45, 7) is 19.8. The first-order chi connectivity index (χ1) is 13.8. The van der Waals surface area contributed by atoms with Gasteiger partial charge in [0, 0.05) is 11.0 Å². The van der Waals surface area contributed by atoms with Crippen LogP contribution in [-0.2, 0) is 26.8 Å². The van der Waals surface area contributed by atoms with Gasteiger partial charge in [-0.3, -0.25) is 4.79 Å². The van der Waals surface area contributed by atoms with Crippen LogP contribution in [0.2, 0.25) is 0 Å². The molecule has 1 aromatic carbocycles. The summed E-state index contributed by atoms with van der Waals surface area (Å²) in [5, 5.41) is 11.1. The van der Waals surface area contributed by atoms with Crippen LogP contribution >= 0.6 is 0 Å².